The molecule has 0 saturated heterocycles. The summed E-state index contributed by atoms with van der Waals surface area (Å²) in [4.78, 5) is 24.7. The number of para-hydroxylation sites is 1. The van der Waals surface area contributed by atoms with Gasteiger partial charge < -0.3 is 15.4 Å². The SMILES string of the molecule is NC(=O)CCN(C(=O)COc1ccc(F)cc1F)c1ccccc1. The average molecular weight is 334 g/mol. The molecule has 0 bridgehead atoms. The second kappa shape index (κ2) is 8.05. The van der Waals surface area contributed by atoms with Crippen LogP contribution in [0.25, 0.3) is 0 Å². The summed E-state index contributed by atoms with van der Waals surface area (Å²) in [6.07, 6.45) is -0.0223. The van der Waals surface area contributed by atoms with E-state index in [0.29, 0.717) is 11.8 Å². The van der Waals surface area contributed by atoms with Crippen molar-refractivity contribution in [3.63, 3.8) is 0 Å². The van der Waals surface area contributed by atoms with Gasteiger partial charge in [0.25, 0.3) is 5.91 Å². The summed E-state index contributed by atoms with van der Waals surface area (Å²) in [6, 6.07) is 11.4. The van der Waals surface area contributed by atoms with Gasteiger partial charge in [0.1, 0.15) is 5.82 Å². The Morgan fingerprint density at radius 3 is 2.42 bits per heavy atom. The van der Waals surface area contributed by atoms with E-state index in [-0.39, 0.29) is 18.7 Å². The fourth-order valence-corrected chi connectivity index (χ4v) is 2.04. The zero-order chi connectivity index (χ0) is 17.5. The van der Waals surface area contributed by atoms with Gasteiger partial charge in [-0.05, 0) is 24.3 Å². The Labute approximate surface area is 137 Å². The van der Waals surface area contributed by atoms with Crippen molar-refractivity contribution in [1.29, 1.82) is 0 Å². The van der Waals surface area contributed by atoms with Crippen molar-refractivity contribution < 1.29 is 23.1 Å². The number of hydrogen-bond donors (Lipinski definition) is 1. The van der Waals surface area contributed by atoms with Crippen molar-refractivity contribution in [2.45, 2.75) is 6.42 Å². The first kappa shape index (κ1) is 17.4. The summed E-state index contributed by atoms with van der Waals surface area (Å²) in [6.45, 7) is -0.385. The van der Waals surface area contributed by atoms with E-state index in [2.05, 4.69) is 0 Å². The van der Waals surface area contributed by atoms with Gasteiger partial charge in [-0.15, -0.1) is 0 Å². The molecule has 0 aromatic heterocycles. The van der Waals surface area contributed by atoms with Crippen LogP contribution >= 0.6 is 0 Å². The third-order valence-corrected chi connectivity index (χ3v) is 3.20. The van der Waals surface area contributed by atoms with Gasteiger partial charge >= 0.3 is 0 Å². The average Bonchev–Trinajstić information content (AvgIpc) is 2.55. The van der Waals surface area contributed by atoms with Gasteiger partial charge in [-0.1, -0.05) is 18.2 Å². The monoisotopic (exact) mass is 334 g/mol. The maximum atomic E-state index is 13.5. The molecule has 2 aromatic rings. The summed E-state index contributed by atoms with van der Waals surface area (Å²) in [5.41, 5.74) is 5.69. The minimum atomic E-state index is -0.897. The molecule has 24 heavy (non-hydrogen) atoms. The number of ether oxygens (including phenoxy) is 1. The van der Waals surface area contributed by atoms with Crippen LogP contribution in [0.3, 0.4) is 0 Å². The van der Waals surface area contributed by atoms with Crippen molar-refractivity contribution in [1.82, 2.24) is 0 Å². The first-order chi connectivity index (χ1) is 11.5. The molecule has 2 aromatic carbocycles. The Bertz CT molecular complexity index is 723. The summed E-state index contributed by atoms with van der Waals surface area (Å²) in [5, 5.41) is 0. The van der Waals surface area contributed by atoms with Gasteiger partial charge in [-0.2, -0.15) is 0 Å². The first-order valence-corrected chi connectivity index (χ1v) is 7.19. The molecule has 0 unspecified atom stereocenters. The fourth-order valence-electron chi connectivity index (χ4n) is 2.04. The van der Waals surface area contributed by atoms with E-state index in [1.165, 1.54) is 4.90 Å². The highest BCUT2D eigenvalue weighted by Crippen LogP contribution is 2.19. The van der Waals surface area contributed by atoms with Crippen LogP contribution < -0.4 is 15.4 Å². The molecular formula is C17H16F2N2O3. The van der Waals surface area contributed by atoms with Gasteiger partial charge in [0.2, 0.25) is 5.91 Å². The highest BCUT2D eigenvalue weighted by atomic mass is 19.1. The Morgan fingerprint density at radius 1 is 1.08 bits per heavy atom. The zero-order valence-electron chi connectivity index (χ0n) is 12.7. The van der Waals surface area contributed by atoms with Crippen LogP contribution in [0.15, 0.2) is 48.5 Å². The summed E-state index contributed by atoms with van der Waals surface area (Å²) >= 11 is 0. The van der Waals surface area contributed by atoms with Crippen LogP contribution in [0, 0.1) is 11.6 Å². The number of carbonyl (C=O) groups excluding carboxylic acids is 2. The van der Waals surface area contributed by atoms with Crippen molar-refractivity contribution in [3.05, 3.63) is 60.2 Å². The number of nitrogens with zero attached hydrogens (tertiary/aromatic N) is 1. The molecule has 2 amide bonds. The quantitative estimate of drug-likeness (QED) is 0.844. The molecule has 0 radical (unpaired) electrons. The molecule has 0 aliphatic carbocycles. The maximum absolute atomic E-state index is 13.5. The van der Waals surface area contributed by atoms with E-state index in [4.69, 9.17) is 10.5 Å². The highest BCUT2D eigenvalue weighted by Gasteiger charge is 2.18. The lowest BCUT2D eigenvalue weighted by atomic mass is 10.2. The predicted octanol–water partition coefficient (Wildman–Crippen LogP) is 2.25. The Balaban J connectivity index is 2.08. The third-order valence-electron chi connectivity index (χ3n) is 3.20. The molecule has 0 spiro atoms. The number of amides is 2. The van der Waals surface area contributed by atoms with Gasteiger partial charge in [-0.3, -0.25) is 9.59 Å². The molecule has 2 rings (SSSR count). The number of hydrogen-bond acceptors (Lipinski definition) is 3. The van der Waals surface area contributed by atoms with E-state index in [9.17, 15) is 18.4 Å². The molecule has 0 atom stereocenters. The maximum Gasteiger partial charge on any atom is 0.264 e. The standard InChI is InChI=1S/C17H16F2N2O3/c18-12-6-7-15(14(19)10-12)24-11-17(23)21(9-8-16(20)22)13-4-2-1-3-5-13/h1-7,10H,8-9,11H2,(H2,20,22). The van der Waals surface area contributed by atoms with Crippen LogP contribution in [0.5, 0.6) is 5.75 Å². The molecular weight excluding hydrogens is 318 g/mol. The fraction of sp³-hybridized carbons (Fsp3) is 0.176. The lowest BCUT2D eigenvalue weighted by molar-refractivity contribution is -0.120. The minimum Gasteiger partial charge on any atom is -0.481 e. The summed E-state index contributed by atoms with van der Waals surface area (Å²) < 4.78 is 31.5. The Morgan fingerprint density at radius 2 is 1.79 bits per heavy atom. The van der Waals surface area contributed by atoms with Crippen LogP contribution in [0.2, 0.25) is 0 Å². The zero-order valence-corrected chi connectivity index (χ0v) is 12.7. The van der Waals surface area contributed by atoms with Crippen LogP contribution in [-0.2, 0) is 9.59 Å². The summed E-state index contributed by atoms with van der Waals surface area (Å²) in [5.74, 6) is -2.89. The number of rotatable bonds is 7. The number of carbonyl (C=O) groups is 2. The van der Waals surface area contributed by atoms with Crippen LogP contribution in [0.4, 0.5) is 14.5 Å². The third kappa shape index (κ3) is 4.77. The predicted molar refractivity (Wildman–Crippen MR) is 84.5 cm³/mol. The van der Waals surface area contributed by atoms with E-state index in [1.54, 1.807) is 30.3 Å². The molecule has 126 valence electrons. The van der Waals surface area contributed by atoms with E-state index < -0.39 is 30.1 Å². The lowest BCUT2D eigenvalue weighted by Crippen LogP contribution is -2.37. The van der Waals surface area contributed by atoms with Crippen LogP contribution in [-0.4, -0.2) is 25.0 Å². The van der Waals surface area contributed by atoms with E-state index in [1.807, 2.05) is 0 Å². The first-order valence-electron chi connectivity index (χ1n) is 7.19. The molecule has 0 fully saturated rings. The molecule has 0 aliphatic heterocycles. The molecule has 0 heterocycles. The smallest absolute Gasteiger partial charge is 0.264 e. The van der Waals surface area contributed by atoms with Crippen molar-refractivity contribution in [2.75, 3.05) is 18.1 Å². The largest absolute Gasteiger partial charge is 0.481 e. The Hall–Kier alpha value is -2.96. The van der Waals surface area contributed by atoms with E-state index >= 15 is 0 Å². The Kier molecular flexibility index (Phi) is 5.83. The number of anilines is 1. The highest BCUT2D eigenvalue weighted by molar-refractivity contribution is 5.95. The molecule has 2 N–H and O–H groups in total. The van der Waals surface area contributed by atoms with Crippen molar-refractivity contribution in [3.8, 4) is 5.75 Å². The molecule has 0 aliphatic rings. The van der Waals surface area contributed by atoms with Gasteiger partial charge in [0, 0.05) is 24.7 Å². The second-order valence-electron chi connectivity index (χ2n) is 4.96. The van der Waals surface area contributed by atoms with E-state index in [0.717, 1.165) is 12.1 Å². The number of nitrogens with two attached hydrogens (primary N) is 1. The molecule has 5 nitrogen and oxygen atoms in total. The van der Waals surface area contributed by atoms with Crippen LogP contribution in [0.1, 0.15) is 6.42 Å². The normalized spacial score (nSPS) is 10.2. The molecule has 7 heteroatoms. The van der Waals surface area contributed by atoms with Gasteiger partial charge in [0.05, 0.1) is 0 Å². The minimum absolute atomic E-state index is 0.0223. The second-order valence-corrected chi connectivity index (χ2v) is 4.96. The van der Waals surface area contributed by atoms with Gasteiger partial charge in [0.15, 0.2) is 18.2 Å². The summed E-state index contributed by atoms with van der Waals surface area (Å²) in [7, 11) is 0. The lowest BCUT2D eigenvalue weighted by Gasteiger charge is -2.22. The molecule has 0 saturated carbocycles. The number of halogens is 2. The number of primary amides is 1. The van der Waals surface area contributed by atoms with Crippen molar-refractivity contribution >= 4 is 17.5 Å². The number of benzene rings is 2. The van der Waals surface area contributed by atoms with Crippen molar-refractivity contribution in [2.24, 2.45) is 5.73 Å². The van der Waals surface area contributed by atoms with Gasteiger partial charge in [-0.25, -0.2) is 8.78 Å². The topological polar surface area (TPSA) is 72.6 Å².